The van der Waals surface area contributed by atoms with Gasteiger partial charge in [-0.1, -0.05) is 12.8 Å². The van der Waals surface area contributed by atoms with Gasteiger partial charge in [-0.2, -0.15) is 5.53 Å². The Morgan fingerprint density at radius 3 is 2.18 bits per heavy atom. The molecule has 0 bridgehead atoms. The molecule has 1 saturated heterocycles. The number of rotatable bonds is 0. The van der Waals surface area contributed by atoms with Gasteiger partial charge >= 0.3 is 0 Å². The Labute approximate surface area is 100 Å². The van der Waals surface area contributed by atoms with Crippen molar-refractivity contribution >= 4 is 0 Å². The van der Waals surface area contributed by atoms with Crippen LogP contribution in [0.2, 0.25) is 0 Å². The molecule has 0 amide bonds. The summed E-state index contributed by atoms with van der Waals surface area (Å²) in [5.41, 5.74) is 8.61. The first-order valence-electron chi connectivity index (χ1n) is 5.88. The highest BCUT2D eigenvalue weighted by molar-refractivity contribution is 5.12. The number of hydrazine groups is 2. The number of hydrogen-bond acceptors (Lipinski definition) is 5. The summed E-state index contributed by atoms with van der Waals surface area (Å²) in [6, 6.07) is 2.88. The number of aromatic nitrogens is 1. The molecular weight excluding hydrogens is 220 g/mol. The quantitative estimate of drug-likeness (QED) is 0.448. The van der Waals surface area contributed by atoms with Crippen molar-refractivity contribution < 1.29 is 5.11 Å². The van der Waals surface area contributed by atoms with Crippen molar-refractivity contribution in [2.45, 2.75) is 25.7 Å². The highest BCUT2D eigenvalue weighted by atomic mass is 16.3. The van der Waals surface area contributed by atoms with Crippen LogP contribution in [0, 0.1) is 0 Å². The van der Waals surface area contributed by atoms with Crippen molar-refractivity contribution in [2.24, 2.45) is 0 Å². The monoisotopic (exact) mass is 240 g/mol. The Kier molecular flexibility index (Phi) is 7.04. The maximum atomic E-state index is 10.3. The van der Waals surface area contributed by atoms with E-state index in [-0.39, 0.29) is 5.75 Å². The Balaban J connectivity index is 0.000000171. The Morgan fingerprint density at radius 2 is 1.71 bits per heavy atom. The van der Waals surface area contributed by atoms with Crippen molar-refractivity contribution in [3.8, 4) is 5.75 Å². The van der Waals surface area contributed by atoms with Gasteiger partial charge < -0.3 is 10.1 Å². The predicted octanol–water partition coefficient (Wildman–Crippen LogP) is 0.240. The average Bonchev–Trinajstić information content (AvgIpc) is 2.49. The van der Waals surface area contributed by atoms with E-state index in [2.05, 4.69) is 21.4 Å². The first-order valence-corrected chi connectivity index (χ1v) is 5.88. The summed E-state index contributed by atoms with van der Waals surface area (Å²) in [4.78, 5) is 12.6. The number of aromatic amines is 1. The second kappa shape index (κ2) is 8.74. The van der Waals surface area contributed by atoms with Crippen LogP contribution in [0.25, 0.3) is 0 Å². The van der Waals surface area contributed by atoms with Gasteiger partial charge in [0.25, 0.3) is 5.56 Å². The molecule has 0 radical (unpaired) electrons. The van der Waals surface area contributed by atoms with E-state index in [0.717, 1.165) is 13.1 Å². The van der Waals surface area contributed by atoms with Gasteiger partial charge in [-0.15, -0.1) is 0 Å². The second-order valence-electron chi connectivity index (χ2n) is 3.78. The van der Waals surface area contributed by atoms with Gasteiger partial charge in [-0.25, -0.2) is 10.9 Å². The molecule has 1 aromatic rings. The molecule has 96 valence electrons. The van der Waals surface area contributed by atoms with Crippen LogP contribution in [0.3, 0.4) is 0 Å². The van der Waals surface area contributed by atoms with Crippen LogP contribution >= 0.6 is 0 Å². The number of nitrogens with one attached hydrogen (secondary N) is 4. The summed E-state index contributed by atoms with van der Waals surface area (Å²) in [7, 11) is 0. The molecule has 6 heteroatoms. The largest absolute Gasteiger partial charge is 0.503 e. The molecule has 2 heterocycles. The zero-order valence-corrected chi connectivity index (χ0v) is 9.83. The fraction of sp³-hybridized carbons (Fsp3) is 0.545. The average molecular weight is 240 g/mol. The molecule has 0 saturated carbocycles. The maximum Gasteiger partial charge on any atom is 0.290 e. The van der Waals surface area contributed by atoms with Crippen LogP contribution in [-0.2, 0) is 0 Å². The third-order valence-corrected chi connectivity index (χ3v) is 2.33. The van der Waals surface area contributed by atoms with Gasteiger partial charge in [0.2, 0.25) is 0 Å². The molecule has 0 spiro atoms. The molecule has 5 N–H and O–H groups in total. The lowest BCUT2D eigenvalue weighted by Crippen LogP contribution is -2.43. The van der Waals surface area contributed by atoms with Crippen LogP contribution in [0.4, 0.5) is 0 Å². The number of pyridine rings is 1. The highest BCUT2D eigenvalue weighted by Gasteiger charge is 1.92. The Bertz CT molecular complexity index is 325. The number of hydrogen-bond donors (Lipinski definition) is 5. The number of H-pyrrole nitrogens is 1. The Morgan fingerprint density at radius 1 is 1.06 bits per heavy atom. The number of aromatic hydroxyl groups is 1. The minimum absolute atomic E-state index is 0.243. The molecule has 0 aromatic carbocycles. The van der Waals surface area contributed by atoms with Crippen LogP contribution in [0.1, 0.15) is 25.7 Å². The highest BCUT2D eigenvalue weighted by Crippen LogP contribution is 1.97. The van der Waals surface area contributed by atoms with E-state index in [1.54, 1.807) is 6.07 Å². The van der Waals surface area contributed by atoms with Gasteiger partial charge in [0.05, 0.1) is 0 Å². The van der Waals surface area contributed by atoms with E-state index >= 15 is 0 Å². The SMILES string of the molecule is C1CCCNNNCC1.O=c1[nH]cccc1O. The predicted molar refractivity (Wildman–Crippen MR) is 66.3 cm³/mol. The summed E-state index contributed by atoms with van der Waals surface area (Å²) in [5, 5.41) is 8.58. The van der Waals surface area contributed by atoms with Crippen LogP contribution < -0.4 is 21.9 Å². The minimum Gasteiger partial charge on any atom is -0.503 e. The fourth-order valence-corrected chi connectivity index (χ4v) is 1.38. The molecule has 0 atom stereocenters. The van der Waals surface area contributed by atoms with Gasteiger partial charge in [-0.05, 0) is 25.0 Å². The smallest absolute Gasteiger partial charge is 0.290 e. The standard InChI is InChI=1S/C6H15N3.C5H5NO2/c1-2-4-6-8-9-7-5-3-1;7-4-2-1-3-6-5(4)8/h7-9H,1-6H2;1-3,7H,(H,6,8). The second-order valence-corrected chi connectivity index (χ2v) is 3.78. The molecule has 0 aliphatic carbocycles. The first kappa shape index (κ1) is 13.7. The molecule has 6 nitrogen and oxygen atoms in total. The minimum atomic E-state index is -0.451. The van der Waals surface area contributed by atoms with Gasteiger partial charge in [0.15, 0.2) is 5.75 Å². The fourth-order valence-electron chi connectivity index (χ4n) is 1.38. The lowest BCUT2D eigenvalue weighted by atomic mass is 10.2. The summed E-state index contributed by atoms with van der Waals surface area (Å²) in [6.07, 6.45) is 6.75. The van der Waals surface area contributed by atoms with Crippen molar-refractivity contribution in [3.63, 3.8) is 0 Å². The topological polar surface area (TPSA) is 89.2 Å². The summed E-state index contributed by atoms with van der Waals surface area (Å²) in [6.45, 7) is 2.15. The lowest BCUT2D eigenvalue weighted by Gasteiger charge is -2.03. The van der Waals surface area contributed by atoms with E-state index in [1.807, 2.05) is 0 Å². The summed E-state index contributed by atoms with van der Waals surface area (Å²) in [5.74, 6) is -0.243. The van der Waals surface area contributed by atoms with Gasteiger partial charge in [-0.3, -0.25) is 4.79 Å². The third kappa shape index (κ3) is 6.72. The third-order valence-electron chi connectivity index (χ3n) is 2.33. The molecule has 1 aromatic heterocycles. The normalized spacial score (nSPS) is 16.9. The van der Waals surface area contributed by atoms with E-state index < -0.39 is 5.56 Å². The van der Waals surface area contributed by atoms with Crippen molar-refractivity contribution in [1.29, 1.82) is 0 Å². The first-order chi connectivity index (χ1) is 8.30. The molecule has 1 aliphatic rings. The van der Waals surface area contributed by atoms with Crippen molar-refractivity contribution in [2.75, 3.05) is 13.1 Å². The molecule has 17 heavy (non-hydrogen) atoms. The summed E-state index contributed by atoms with van der Waals surface area (Å²) >= 11 is 0. The van der Waals surface area contributed by atoms with E-state index in [9.17, 15) is 4.79 Å². The molecule has 2 rings (SSSR count). The van der Waals surface area contributed by atoms with Crippen LogP contribution in [-0.4, -0.2) is 23.2 Å². The van der Waals surface area contributed by atoms with E-state index in [4.69, 9.17) is 5.11 Å². The molecule has 0 unspecified atom stereocenters. The maximum absolute atomic E-state index is 10.3. The Hall–Kier alpha value is -1.37. The summed E-state index contributed by atoms with van der Waals surface area (Å²) < 4.78 is 0. The molecule has 1 fully saturated rings. The zero-order chi connectivity index (χ0) is 12.3. The lowest BCUT2D eigenvalue weighted by molar-refractivity contribution is 0.442. The van der Waals surface area contributed by atoms with Crippen LogP contribution in [0.5, 0.6) is 5.75 Å². The zero-order valence-electron chi connectivity index (χ0n) is 9.83. The van der Waals surface area contributed by atoms with Gasteiger partial charge in [0.1, 0.15) is 0 Å². The van der Waals surface area contributed by atoms with Crippen LogP contribution in [0.15, 0.2) is 23.1 Å². The van der Waals surface area contributed by atoms with E-state index in [0.29, 0.717) is 0 Å². The molecule has 1 aliphatic heterocycles. The van der Waals surface area contributed by atoms with E-state index in [1.165, 1.54) is 37.9 Å². The molecular formula is C11H20N4O2. The van der Waals surface area contributed by atoms with Gasteiger partial charge in [0, 0.05) is 19.3 Å². The van der Waals surface area contributed by atoms with Crippen molar-refractivity contribution in [3.05, 3.63) is 28.7 Å². The van der Waals surface area contributed by atoms with Crippen molar-refractivity contribution in [1.82, 2.24) is 21.4 Å².